The maximum Gasteiger partial charge on any atom is 0.227 e. The number of aryl methyl sites for hydroxylation is 2. The first kappa shape index (κ1) is 20.2. The molecule has 0 fully saturated rings. The van der Waals surface area contributed by atoms with Crippen LogP contribution in [0.25, 0.3) is 10.8 Å². The van der Waals surface area contributed by atoms with Gasteiger partial charge < -0.3 is 21.9 Å². The van der Waals surface area contributed by atoms with Crippen molar-refractivity contribution in [3.05, 3.63) is 51.5 Å². The number of aromatic nitrogens is 1. The summed E-state index contributed by atoms with van der Waals surface area (Å²) in [6.07, 6.45) is 0. The van der Waals surface area contributed by atoms with Crippen LogP contribution >= 0.6 is 11.3 Å². The molecule has 0 radical (unpaired) electrons. The van der Waals surface area contributed by atoms with Crippen LogP contribution in [0.15, 0.2) is 29.8 Å². The predicted octanol–water partition coefficient (Wildman–Crippen LogP) is 1.02. The molecule has 4 nitrogen and oxygen atoms in total. The van der Waals surface area contributed by atoms with Crippen molar-refractivity contribution in [2.24, 2.45) is 0 Å². The van der Waals surface area contributed by atoms with Crippen LogP contribution in [-0.4, -0.2) is 20.0 Å². The third-order valence-electron chi connectivity index (χ3n) is 4.59. The Labute approximate surface area is 163 Å². The quantitative estimate of drug-likeness (QED) is 0.481. The Balaban J connectivity index is 0.00000243. The number of nitrogens with zero attached hydrogens (tertiary/aromatic N) is 1. The molecular formula is C20H22ClNO3S. The molecule has 0 aliphatic heterocycles. The lowest BCUT2D eigenvalue weighted by atomic mass is 10.0. The Morgan fingerprint density at radius 2 is 1.81 bits per heavy atom. The van der Waals surface area contributed by atoms with E-state index in [1.54, 1.807) is 25.6 Å². The van der Waals surface area contributed by atoms with Crippen LogP contribution in [0.4, 0.5) is 0 Å². The number of fused-ring (bicyclic) bond motifs is 1. The summed E-state index contributed by atoms with van der Waals surface area (Å²) < 4.78 is 13.0. The molecule has 2 aromatic carbocycles. The SMILES string of the molecule is COc1cc(C)c(OC)c2ccc(C(=O)C[n+]3csc(C)c3C)cc12.[Cl-]. The molecule has 0 aliphatic carbocycles. The number of thiazole rings is 1. The molecule has 0 aliphatic rings. The lowest BCUT2D eigenvalue weighted by Crippen LogP contribution is -3.00. The monoisotopic (exact) mass is 391 g/mol. The van der Waals surface area contributed by atoms with Crippen molar-refractivity contribution in [2.45, 2.75) is 27.3 Å². The molecule has 0 saturated carbocycles. The van der Waals surface area contributed by atoms with E-state index in [9.17, 15) is 4.79 Å². The number of hydrogen-bond donors (Lipinski definition) is 0. The van der Waals surface area contributed by atoms with Gasteiger partial charge in [0.2, 0.25) is 17.8 Å². The van der Waals surface area contributed by atoms with Gasteiger partial charge in [0.15, 0.2) is 5.69 Å². The summed E-state index contributed by atoms with van der Waals surface area (Å²) in [7, 11) is 3.30. The minimum Gasteiger partial charge on any atom is -1.00 e. The number of methoxy groups -OCH3 is 2. The molecule has 3 aromatic rings. The van der Waals surface area contributed by atoms with Crippen LogP contribution in [0.1, 0.15) is 26.5 Å². The van der Waals surface area contributed by atoms with Crippen molar-refractivity contribution in [3.63, 3.8) is 0 Å². The first-order chi connectivity index (χ1) is 12.0. The summed E-state index contributed by atoms with van der Waals surface area (Å²) in [5, 5.41) is 1.84. The molecule has 138 valence electrons. The fraction of sp³-hybridized carbons (Fsp3) is 0.300. The summed E-state index contributed by atoms with van der Waals surface area (Å²) in [5.41, 5.74) is 4.81. The summed E-state index contributed by atoms with van der Waals surface area (Å²) >= 11 is 1.66. The molecule has 0 N–H and O–H groups in total. The molecule has 0 unspecified atom stereocenters. The molecule has 0 spiro atoms. The van der Waals surface area contributed by atoms with Crippen LogP contribution in [0.5, 0.6) is 11.5 Å². The number of carbonyl (C=O) groups excluding carboxylic acids is 1. The number of hydrogen-bond acceptors (Lipinski definition) is 4. The largest absolute Gasteiger partial charge is 1.00 e. The van der Waals surface area contributed by atoms with Crippen LogP contribution in [0.2, 0.25) is 0 Å². The van der Waals surface area contributed by atoms with Gasteiger partial charge >= 0.3 is 0 Å². The highest BCUT2D eigenvalue weighted by atomic mass is 35.5. The maximum absolute atomic E-state index is 12.8. The Bertz CT molecular complexity index is 965. The average molecular weight is 392 g/mol. The van der Waals surface area contributed by atoms with Gasteiger partial charge in [-0.2, -0.15) is 4.57 Å². The zero-order chi connectivity index (χ0) is 18.1. The number of rotatable bonds is 5. The van der Waals surface area contributed by atoms with Crippen LogP contribution in [0, 0.1) is 20.8 Å². The molecule has 1 heterocycles. The smallest absolute Gasteiger partial charge is 0.227 e. The van der Waals surface area contributed by atoms with Crippen LogP contribution in [0.3, 0.4) is 0 Å². The van der Waals surface area contributed by atoms with Gasteiger partial charge in [-0.3, -0.25) is 4.79 Å². The number of carbonyl (C=O) groups is 1. The third kappa shape index (κ3) is 3.55. The van der Waals surface area contributed by atoms with E-state index in [2.05, 4.69) is 6.92 Å². The number of halogens is 1. The van der Waals surface area contributed by atoms with Gasteiger partial charge in [0.1, 0.15) is 11.5 Å². The Morgan fingerprint density at radius 3 is 2.38 bits per heavy atom. The van der Waals surface area contributed by atoms with Crippen molar-refractivity contribution >= 4 is 27.9 Å². The van der Waals surface area contributed by atoms with Gasteiger partial charge in [0.05, 0.1) is 19.1 Å². The molecule has 0 atom stereocenters. The summed E-state index contributed by atoms with van der Waals surface area (Å²) in [4.78, 5) is 14.0. The second-order valence-corrected chi connectivity index (χ2v) is 7.16. The zero-order valence-corrected chi connectivity index (χ0v) is 17.1. The number of ether oxygens (including phenoxy) is 2. The minimum absolute atomic E-state index is 0. The van der Waals surface area contributed by atoms with Gasteiger partial charge in [0, 0.05) is 23.3 Å². The molecular weight excluding hydrogens is 370 g/mol. The standard InChI is InChI=1S/C20H22NO3S.ClH/c1-12-8-19(23-4)17-9-15(6-7-16(17)20(12)24-5)18(22)10-21-11-25-14(3)13(21)2;/h6-9,11H,10H2,1-5H3;1H/q+1;/p-1. The van der Waals surface area contributed by atoms with E-state index in [0.717, 1.165) is 33.5 Å². The van der Waals surface area contributed by atoms with E-state index in [-0.39, 0.29) is 18.2 Å². The van der Waals surface area contributed by atoms with E-state index < -0.39 is 0 Å². The number of benzene rings is 2. The van der Waals surface area contributed by atoms with Gasteiger partial charge in [-0.05, 0) is 37.6 Å². The third-order valence-corrected chi connectivity index (χ3v) is 5.60. The predicted molar refractivity (Wildman–Crippen MR) is 100 cm³/mol. The summed E-state index contributed by atoms with van der Waals surface area (Å²) in [5.74, 6) is 1.64. The number of ketones is 1. The van der Waals surface area contributed by atoms with Crippen molar-refractivity contribution in [1.82, 2.24) is 0 Å². The van der Waals surface area contributed by atoms with E-state index in [1.165, 1.54) is 4.88 Å². The van der Waals surface area contributed by atoms with Crippen molar-refractivity contribution in [3.8, 4) is 11.5 Å². The normalized spacial score (nSPS) is 10.5. The summed E-state index contributed by atoms with van der Waals surface area (Å²) in [6, 6.07) is 7.64. The summed E-state index contributed by atoms with van der Waals surface area (Å²) in [6.45, 7) is 6.43. The van der Waals surface area contributed by atoms with Crippen molar-refractivity contribution < 1.29 is 31.2 Å². The molecule has 1 aromatic heterocycles. The minimum atomic E-state index is 0. The average Bonchev–Trinajstić information content (AvgIpc) is 2.92. The highest BCUT2D eigenvalue weighted by molar-refractivity contribution is 7.09. The lowest BCUT2D eigenvalue weighted by Gasteiger charge is -2.13. The van der Waals surface area contributed by atoms with E-state index >= 15 is 0 Å². The van der Waals surface area contributed by atoms with Crippen LogP contribution in [-0.2, 0) is 6.54 Å². The lowest BCUT2D eigenvalue weighted by molar-refractivity contribution is -0.684. The van der Waals surface area contributed by atoms with E-state index in [1.807, 2.05) is 48.2 Å². The molecule has 0 bridgehead atoms. The zero-order valence-electron chi connectivity index (χ0n) is 15.6. The number of Topliss-reactive ketones (excluding diaryl/α,β-unsaturated/α-hetero) is 1. The van der Waals surface area contributed by atoms with Crippen molar-refractivity contribution in [2.75, 3.05) is 14.2 Å². The Hall–Kier alpha value is -2.11. The van der Waals surface area contributed by atoms with E-state index in [4.69, 9.17) is 9.47 Å². The molecule has 3 rings (SSSR count). The maximum atomic E-state index is 12.8. The molecule has 6 heteroatoms. The molecule has 0 amide bonds. The highest BCUT2D eigenvalue weighted by Gasteiger charge is 2.19. The topological polar surface area (TPSA) is 39.4 Å². The van der Waals surface area contributed by atoms with Crippen LogP contribution < -0.4 is 26.4 Å². The van der Waals surface area contributed by atoms with Gasteiger partial charge in [-0.1, -0.05) is 17.4 Å². The second kappa shape index (κ2) is 8.06. The second-order valence-electron chi connectivity index (χ2n) is 6.11. The Kier molecular flexibility index (Phi) is 6.26. The van der Waals surface area contributed by atoms with Gasteiger partial charge in [0.25, 0.3) is 0 Å². The van der Waals surface area contributed by atoms with Gasteiger partial charge in [-0.25, -0.2) is 0 Å². The first-order valence-electron chi connectivity index (χ1n) is 8.09. The fourth-order valence-electron chi connectivity index (χ4n) is 3.02. The first-order valence-corrected chi connectivity index (χ1v) is 8.97. The van der Waals surface area contributed by atoms with Gasteiger partial charge in [-0.15, -0.1) is 0 Å². The molecule has 0 saturated heterocycles. The van der Waals surface area contributed by atoms with E-state index in [0.29, 0.717) is 12.1 Å². The molecule has 26 heavy (non-hydrogen) atoms. The highest BCUT2D eigenvalue weighted by Crippen LogP contribution is 2.36. The fourth-order valence-corrected chi connectivity index (χ4v) is 3.83. The Morgan fingerprint density at radius 1 is 1.08 bits per heavy atom. The van der Waals surface area contributed by atoms with Crippen molar-refractivity contribution in [1.29, 1.82) is 0 Å².